The van der Waals surface area contributed by atoms with E-state index < -0.39 is 0 Å². The molecule has 0 atom stereocenters. The maximum atomic E-state index is 4.78. The third-order valence-electron chi connectivity index (χ3n) is 4.30. The summed E-state index contributed by atoms with van der Waals surface area (Å²) in [5.41, 5.74) is 1.20. The molecule has 0 aromatic carbocycles. The van der Waals surface area contributed by atoms with Gasteiger partial charge < -0.3 is 10.2 Å². The van der Waals surface area contributed by atoms with Crippen LogP contribution in [0.3, 0.4) is 0 Å². The van der Waals surface area contributed by atoms with Gasteiger partial charge in [-0.15, -0.1) is 11.3 Å². The Balaban J connectivity index is 1.87. The quantitative estimate of drug-likeness (QED) is 0.817. The second-order valence-corrected chi connectivity index (χ2v) is 7.98. The smallest absolute Gasteiger partial charge is 0.185 e. The summed E-state index contributed by atoms with van der Waals surface area (Å²) < 4.78 is 0. The molecule has 0 radical (unpaired) electrons. The molecule has 0 amide bonds. The highest BCUT2D eigenvalue weighted by atomic mass is 32.1. The summed E-state index contributed by atoms with van der Waals surface area (Å²) in [7, 11) is 2.21. The highest BCUT2D eigenvalue weighted by Gasteiger charge is 2.18. The second kappa shape index (κ2) is 8.14. The van der Waals surface area contributed by atoms with E-state index in [0.717, 1.165) is 19.0 Å². The van der Waals surface area contributed by atoms with Crippen LogP contribution in [0.5, 0.6) is 0 Å². The number of hydrogen-bond acceptors (Lipinski definition) is 4. The molecule has 21 heavy (non-hydrogen) atoms. The largest absolute Gasteiger partial charge is 0.351 e. The van der Waals surface area contributed by atoms with Crippen LogP contribution in [0.1, 0.15) is 56.5 Å². The van der Waals surface area contributed by atoms with Crippen molar-refractivity contribution in [3.05, 3.63) is 10.6 Å². The van der Waals surface area contributed by atoms with Crippen molar-refractivity contribution in [1.29, 1.82) is 0 Å². The molecular weight excluding hydrogens is 278 g/mol. The van der Waals surface area contributed by atoms with Crippen LogP contribution in [0.25, 0.3) is 0 Å². The topological polar surface area (TPSA) is 28.2 Å². The maximum absolute atomic E-state index is 4.78. The minimum atomic E-state index is 0.701. The molecule has 120 valence electrons. The van der Waals surface area contributed by atoms with Crippen molar-refractivity contribution in [2.75, 3.05) is 25.0 Å². The summed E-state index contributed by atoms with van der Waals surface area (Å²) >= 11 is 1.86. The Bertz CT molecular complexity index is 422. The molecule has 0 aliphatic heterocycles. The lowest BCUT2D eigenvalue weighted by Gasteiger charge is -2.26. The molecule has 1 aromatic heterocycles. The molecule has 1 aliphatic carbocycles. The standard InChI is InChI=1S/C17H31N3S/c1-13(2)10-18-11-16-14(3)19-17(21-16)20(4)12-15-8-6-5-7-9-15/h13,15,18H,5-12H2,1-4H3. The van der Waals surface area contributed by atoms with Gasteiger partial charge >= 0.3 is 0 Å². The van der Waals surface area contributed by atoms with Gasteiger partial charge in [-0.25, -0.2) is 4.98 Å². The van der Waals surface area contributed by atoms with E-state index >= 15 is 0 Å². The number of aryl methyl sites for hydroxylation is 1. The van der Waals surface area contributed by atoms with Crippen LogP contribution >= 0.6 is 11.3 Å². The van der Waals surface area contributed by atoms with Gasteiger partial charge in [0.25, 0.3) is 0 Å². The van der Waals surface area contributed by atoms with Crippen LogP contribution in [-0.2, 0) is 6.54 Å². The van der Waals surface area contributed by atoms with Gasteiger partial charge in [0.2, 0.25) is 0 Å². The van der Waals surface area contributed by atoms with Crippen LogP contribution in [0.2, 0.25) is 0 Å². The van der Waals surface area contributed by atoms with Crippen LogP contribution in [0.15, 0.2) is 0 Å². The van der Waals surface area contributed by atoms with Gasteiger partial charge in [-0.05, 0) is 38.1 Å². The van der Waals surface area contributed by atoms with Gasteiger partial charge in [0.05, 0.1) is 5.69 Å². The van der Waals surface area contributed by atoms with E-state index in [-0.39, 0.29) is 0 Å². The highest BCUT2D eigenvalue weighted by Crippen LogP contribution is 2.29. The van der Waals surface area contributed by atoms with Crippen molar-refractivity contribution in [3.8, 4) is 0 Å². The Labute approximate surface area is 134 Å². The number of hydrogen-bond donors (Lipinski definition) is 1. The van der Waals surface area contributed by atoms with Crippen LogP contribution < -0.4 is 10.2 Å². The van der Waals surface area contributed by atoms with Crippen molar-refractivity contribution in [3.63, 3.8) is 0 Å². The van der Waals surface area contributed by atoms with Gasteiger partial charge in [-0.3, -0.25) is 0 Å². The van der Waals surface area contributed by atoms with E-state index in [1.165, 1.54) is 54.4 Å². The average Bonchev–Trinajstić information content (AvgIpc) is 2.81. The fourth-order valence-corrected chi connectivity index (χ4v) is 4.05. The Hall–Kier alpha value is -0.610. The molecule has 0 bridgehead atoms. The van der Waals surface area contributed by atoms with Crippen molar-refractivity contribution in [2.24, 2.45) is 11.8 Å². The number of thiazole rings is 1. The van der Waals surface area contributed by atoms with Gasteiger partial charge in [-0.2, -0.15) is 0 Å². The number of nitrogens with zero attached hydrogens (tertiary/aromatic N) is 2. The molecular formula is C17H31N3S. The van der Waals surface area contributed by atoms with Crippen LogP contribution in [0, 0.1) is 18.8 Å². The lowest BCUT2D eigenvalue weighted by molar-refractivity contribution is 0.362. The molecule has 1 heterocycles. The molecule has 1 aromatic rings. The number of nitrogens with one attached hydrogen (secondary N) is 1. The molecule has 1 aliphatic rings. The lowest BCUT2D eigenvalue weighted by Crippen LogP contribution is -2.26. The van der Waals surface area contributed by atoms with Gasteiger partial charge in [0, 0.05) is 25.0 Å². The summed E-state index contributed by atoms with van der Waals surface area (Å²) in [5, 5.41) is 4.72. The predicted octanol–water partition coefficient (Wildman–Crippen LogP) is 4.21. The zero-order valence-electron chi connectivity index (χ0n) is 14.1. The van der Waals surface area contributed by atoms with E-state index in [0.29, 0.717) is 5.92 Å². The number of rotatable bonds is 7. The van der Waals surface area contributed by atoms with Crippen LogP contribution in [0.4, 0.5) is 5.13 Å². The summed E-state index contributed by atoms with van der Waals surface area (Å²) in [5.74, 6) is 1.57. The van der Waals surface area contributed by atoms with Gasteiger partial charge in [0.1, 0.15) is 0 Å². The SMILES string of the molecule is Cc1nc(N(C)CC2CCCCC2)sc1CNCC(C)C. The molecule has 3 nitrogen and oxygen atoms in total. The van der Waals surface area contributed by atoms with Crippen molar-refractivity contribution < 1.29 is 0 Å². The van der Waals surface area contributed by atoms with E-state index in [1.54, 1.807) is 0 Å². The first-order valence-corrected chi connectivity index (χ1v) is 9.26. The van der Waals surface area contributed by atoms with E-state index in [9.17, 15) is 0 Å². The second-order valence-electron chi connectivity index (χ2n) is 6.91. The third kappa shape index (κ3) is 5.26. The zero-order valence-corrected chi connectivity index (χ0v) is 14.9. The first-order chi connectivity index (χ1) is 10.1. The zero-order chi connectivity index (χ0) is 15.2. The molecule has 1 N–H and O–H groups in total. The molecule has 4 heteroatoms. The van der Waals surface area contributed by atoms with Crippen molar-refractivity contribution >= 4 is 16.5 Å². The fourth-order valence-electron chi connectivity index (χ4n) is 3.05. The molecule has 2 rings (SSSR count). The first kappa shape index (κ1) is 16.8. The Morgan fingerprint density at radius 1 is 1.29 bits per heavy atom. The number of aromatic nitrogens is 1. The summed E-state index contributed by atoms with van der Waals surface area (Å²) in [6.07, 6.45) is 7.07. The average molecular weight is 310 g/mol. The molecule has 0 spiro atoms. The molecule has 1 fully saturated rings. The van der Waals surface area contributed by atoms with E-state index in [1.807, 2.05) is 11.3 Å². The minimum Gasteiger partial charge on any atom is -0.351 e. The molecule has 0 unspecified atom stereocenters. The molecule has 1 saturated carbocycles. The third-order valence-corrected chi connectivity index (χ3v) is 5.57. The predicted molar refractivity (Wildman–Crippen MR) is 93.2 cm³/mol. The summed E-state index contributed by atoms with van der Waals surface area (Å²) in [4.78, 5) is 8.54. The van der Waals surface area contributed by atoms with E-state index in [4.69, 9.17) is 4.98 Å². The monoisotopic (exact) mass is 309 g/mol. The first-order valence-electron chi connectivity index (χ1n) is 8.44. The Morgan fingerprint density at radius 2 is 2.00 bits per heavy atom. The minimum absolute atomic E-state index is 0.701. The number of anilines is 1. The van der Waals surface area contributed by atoms with Gasteiger partial charge in [-0.1, -0.05) is 33.1 Å². The summed E-state index contributed by atoms with van der Waals surface area (Å²) in [6, 6.07) is 0. The molecule has 0 saturated heterocycles. The fraction of sp³-hybridized carbons (Fsp3) is 0.824. The Kier molecular flexibility index (Phi) is 6.49. The van der Waals surface area contributed by atoms with Gasteiger partial charge in [0.15, 0.2) is 5.13 Å². The van der Waals surface area contributed by atoms with Crippen molar-refractivity contribution in [2.45, 2.75) is 59.4 Å². The van der Waals surface area contributed by atoms with E-state index in [2.05, 4.69) is 38.0 Å². The lowest BCUT2D eigenvalue weighted by atomic mass is 9.89. The maximum Gasteiger partial charge on any atom is 0.185 e. The van der Waals surface area contributed by atoms with Crippen LogP contribution in [-0.4, -0.2) is 25.1 Å². The van der Waals surface area contributed by atoms with Crippen molar-refractivity contribution in [1.82, 2.24) is 10.3 Å². The normalized spacial score (nSPS) is 16.6. The highest BCUT2D eigenvalue weighted by molar-refractivity contribution is 7.15. The summed E-state index contributed by atoms with van der Waals surface area (Å²) in [6.45, 7) is 9.84. The Morgan fingerprint density at radius 3 is 2.67 bits per heavy atom.